The fraction of sp³-hybridized carbons (Fsp3) is 0.435. The smallest absolute Gasteiger partial charge is 0.278 e. The minimum absolute atomic E-state index is 0.0163. The second-order valence-corrected chi connectivity index (χ2v) is 10.1. The number of nitrogens with one attached hydrogen (secondary N) is 2. The van der Waals surface area contributed by atoms with Gasteiger partial charge in [-0.2, -0.15) is 4.31 Å². The molecule has 1 amide bonds. The maximum atomic E-state index is 12.9. The van der Waals surface area contributed by atoms with Gasteiger partial charge in [-0.15, -0.1) is 0 Å². The number of amides is 1. The predicted molar refractivity (Wildman–Crippen MR) is 118 cm³/mol. The van der Waals surface area contributed by atoms with Gasteiger partial charge in [-0.25, -0.2) is 8.42 Å². The van der Waals surface area contributed by atoms with Crippen molar-refractivity contribution in [3.8, 4) is 0 Å². The van der Waals surface area contributed by atoms with Crippen molar-refractivity contribution in [3.05, 3.63) is 65.7 Å². The number of sulfonamides is 1. The second kappa shape index (κ2) is 9.73. The summed E-state index contributed by atoms with van der Waals surface area (Å²) >= 11 is 0. The third-order valence-corrected chi connectivity index (χ3v) is 7.89. The fourth-order valence-corrected chi connectivity index (χ4v) is 5.24. The van der Waals surface area contributed by atoms with Crippen LogP contribution in [0.1, 0.15) is 30.9 Å². The van der Waals surface area contributed by atoms with E-state index in [1.54, 1.807) is 12.1 Å². The molecule has 30 heavy (non-hydrogen) atoms. The maximum absolute atomic E-state index is 12.9. The summed E-state index contributed by atoms with van der Waals surface area (Å²) in [7, 11) is -3.48. The summed E-state index contributed by atoms with van der Waals surface area (Å²) in [5.41, 5.74) is 2.23. The van der Waals surface area contributed by atoms with Gasteiger partial charge in [0.1, 0.15) is 0 Å². The molecule has 6 nitrogen and oxygen atoms in total. The summed E-state index contributed by atoms with van der Waals surface area (Å²) in [6.45, 7) is 8.62. The molecule has 3 rings (SSSR count). The Labute approximate surface area is 179 Å². The Hall–Kier alpha value is -2.22. The molecule has 1 aliphatic heterocycles. The molecule has 1 fully saturated rings. The molecule has 0 radical (unpaired) electrons. The first-order chi connectivity index (χ1) is 14.3. The number of benzene rings is 2. The van der Waals surface area contributed by atoms with E-state index in [1.165, 1.54) is 9.87 Å². The van der Waals surface area contributed by atoms with Crippen molar-refractivity contribution >= 4 is 15.9 Å². The average Bonchev–Trinajstić information content (AvgIpc) is 2.77. The first-order valence-corrected chi connectivity index (χ1v) is 12.0. The van der Waals surface area contributed by atoms with E-state index in [2.05, 4.69) is 24.4 Å². The van der Waals surface area contributed by atoms with Crippen molar-refractivity contribution in [1.29, 1.82) is 0 Å². The van der Waals surface area contributed by atoms with Gasteiger partial charge < -0.3 is 10.2 Å². The van der Waals surface area contributed by atoms with Gasteiger partial charge in [-0.1, -0.05) is 55.0 Å². The molecule has 0 bridgehead atoms. The molecule has 0 spiro atoms. The summed E-state index contributed by atoms with van der Waals surface area (Å²) in [5.74, 6) is 0.261. The number of quaternary nitrogens is 1. The fourth-order valence-electron chi connectivity index (χ4n) is 3.80. The van der Waals surface area contributed by atoms with Crippen LogP contribution >= 0.6 is 0 Å². The van der Waals surface area contributed by atoms with E-state index in [0.29, 0.717) is 37.6 Å². The molecule has 2 aromatic rings. The van der Waals surface area contributed by atoms with Crippen LogP contribution in [0.3, 0.4) is 0 Å². The molecule has 7 heteroatoms. The van der Waals surface area contributed by atoms with E-state index in [1.807, 2.05) is 44.2 Å². The standard InChI is InChI=1S/C23H31N3O3S/c1-18-9-11-22(12-10-18)30(28,29)26-15-13-25(14-16-26)20(3)23(27)24-17-19(2)21-7-5-4-6-8-21/h4-12,19-20H,13-17H2,1-3H3,(H,24,27)/p+1/t19-,20+/m0/s1. The number of rotatable bonds is 7. The van der Waals surface area contributed by atoms with Gasteiger partial charge in [0.05, 0.1) is 31.1 Å². The Morgan fingerprint density at radius 3 is 2.23 bits per heavy atom. The van der Waals surface area contributed by atoms with Crippen LogP contribution in [-0.2, 0) is 14.8 Å². The average molecular weight is 431 g/mol. The van der Waals surface area contributed by atoms with Crippen LogP contribution in [0.15, 0.2) is 59.5 Å². The largest absolute Gasteiger partial charge is 0.350 e. The van der Waals surface area contributed by atoms with Crippen molar-refractivity contribution in [2.75, 3.05) is 32.7 Å². The van der Waals surface area contributed by atoms with Crippen molar-refractivity contribution < 1.29 is 18.1 Å². The van der Waals surface area contributed by atoms with Crippen LogP contribution in [0, 0.1) is 6.92 Å². The molecule has 2 aromatic carbocycles. The van der Waals surface area contributed by atoms with Gasteiger partial charge in [-0.3, -0.25) is 4.79 Å². The Balaban J connectivity index is 1.51. The monoisotopic (exact) mass is 430 g/mol. The summed E-state index contributed by atoms with van der Waals surface area (Å²) < 4.78 is 27.2. The highest BCUT2D eigenvalue weighted by Crippen LogP contribution is 2.16. The lowest BCUT2D eigenvalue weighted by molar-refractivity contribution is -0.917. The Morgan fingerprint density at radius 2 is 1.63 bits per heavy atom. The summed E-state index contributed by atoms with van der Waals surface area (Å²) in [6, 6.07) is 16.9. The molecule has 1 aliphatic rings. The highest BCUT2D eigenvalue weighted by Gasteiger charge is 2.34. The highest BCUT2D eigenvalue weighted by atomic mass is 32.2. The summed E-state index contributed by atoms with van der Waals surface area (Å²) in [6.07, 6.45) is 0. The Morgan fingerprint density at radius 1 is 1.03 bits per heavy atom. The normalized spacial score (nSPS) is 18.0. The first kappa shape index (κ1) is 22.5. The molecule has 0 unspecified atom stereocenters. The Kier molecular flexibility index (Phi) is 7.28. The first-order valence-electron chi connectivity index (χ1n) is 10.5. The molecular formula is C23H32N3O3S+. The molecule has 1 saturated heterocycles. The van der Waals surface area contributed by atoms with Gasteiger partial charge in [0.15, 0.2) is 6.04 Å². The van der Waals surface area contributed by atoms with E-state index in [9.17, 15) is 13.2 Å². The van der Waals surface area contributed by atoms with Gasteiger partial charge in [0.2, 0.25) is 10.0 Å². The zero-order chi connectivity index (χ0) is 21.7. The molecular weight excluding hydrogens is 398 g/mol. The van der Waals surface area contributed by atoms with Crippen LogP contribution in [0.25, 0.3) is 0 Å². The van der Waals surface area contributed by atoms with Gasteiger partial charge >= 0.3 is 0 Å². The number of carbonyl (C=O) groups is 1. The van der Waals surface area contributed by atoms with Crippen molar-refractivity contribution in [1.82, 2.24) is 9.62 Å². The topological polar surface area (TPSA) is 70.9 Å². The lowest BCUT2D eigenvalue weighted by atomic mass is 10.0. The van der Waals surface area contributed by atoms with E-state index in [-0.39, 0.29) is 17.9 Å². The SMILES string of the molecule is Cc1ccc(S(=O)(=O)N2CC[NH+]([C@H](C)C(=O)NC[C@H](C)c3ccccc3)CC2)cc1. The number of hydrogen-bond acceptors (Lipinski definition) is 3. The van der Waals surface area contributed by atoms with Crippen LogP contribution in [-0.4, -0.2) is 57.4 Å². The Bertz CT molecular complexity index is 937. The molecule has 0 aliphatic carbocycles. The van der Waals surface area contributed by atoms with Crippen LogP contribution in [0.5, 0.6) is 0 Å². The molecule has 2 atom stereocenters. The van der Waals surface area contributed by atoms with Crippen LogP contribution in [0.4, 0.5) is 0 Å². The van der Waals surface area contributed by atoms with E-state index >= 15 is 0 Å². The number of carbonyl (C=O) groups excluding carboxylic acids is 1. The second-order valence-electron chi connectivity index (χ2n) is 8.15. The van der Waals surface area contributed by atoms with E-state index in [4.69, 9.17) is 0 Å². The van der Waals surface area contributed by atoms with Gasteiger partial charge in [-0.05, 0) is 37.5 Å². The van der Waals surface area contributed by atoms with E-state index in [0.717, 1.165) is 10.5 Å². The van der Waals surface area contributed by atoms with Crippen molar-refractivity contribution in [2.45, 2.75) is 37.6 Å². The van der Waals surface area contributed by atoms with E-state index < -0.39 is 10.0 Å². The van der Waals surface area contributed by atoms with Gasteiger partial charge in [0.25, 0.3) is 5.91 Å². The lowest BCUT2D eigenvalue weighted by Gasteiger charge is -2.34. The third-order valence-electron chi connectivity index (χ3n) is 5.98. The number of piperazine rings is 1. The van der Waals surface area contributed by atoms with Crippen LogP contribution in [0.2, 0.25) is 0 Å². The number of nitrogens with zero attached hydrogens (tertiary/aromatic N) is 1. The van der Waals surface area contributed by atoms with Crippen molar-refractivity contribution in [2.24, 2.45) is 0 Å². The number of hydrogen-bond donors (Lipinski definition) is 2. The molecule has 2 N–H and O–H groups in total. The van der Waals surface area contributed by atoms with Crippen LogP contribution < -0.4 is 10.2 Å². The zero-order valence-corrected chi connectivity index (χ0v) is 18.8. The molecule has 0 saturated carbocycles. The van der Waals surface area contributed by atoms with Gasteiger partial charge in [0, 0.05) is 6.54 Å². The van der Waals surface area contributed by atoms with Crippen molar-refractivity contribution in [3.63, 3.8) is 0 Å². The highest BCUT2D eigenvalue weighted by molar-refractivity contribution is 7.89. The summed E-state index contributed by atoms with van der Waals surface area (Å²) in [5, 5.41) is 3.06. The minimum Gasteiger partial charge on any atom is -0.350 e. The molecule has 0 aromatic heterocycles. The minimum atomic E-state index is -3.48. The number of aryl methyl sites for hydroxylation is 1. The zero-order valence-electron chi connectivity index (χ0n) is 18.0. The maximum Gasteiger partial charge on any atom is 0.278 e. The third kappa shape index (κ3) is 5.28. The predicted octanol–water partition coefficient (Wildman–Crippen LogP) is 1.19. The molecule has 162 valence electrons. The quantitative estimate of drug-likeness (QED) is 0.693. The summed E-state index contributed by atoms with van der Waals surface area (Å²) in [4.78, 5) is 14.1. The molecule has 1 heterocycles. The lowest BCUT2D eigenvalue weighted by Crippen LogP contribution is -3.19.